The van der Waals surface area contributed by atoms with Crippen LogP contribution in [0.1, 0.15) is 0 Å². The van der Waals surface area contributed by atoms with Crippen molar-refractivity contribution in [2.24, 2.45) is 0 Å². The van der Waals surface area contributed by atoms with Crippen molar-refractivity contribution in [2.45, 2.75) is 4.90 Å². The van der Waals surface area contributed by atoms with E-state index >= 15 is 0 Å². The zero-order valence-corrected chi connectivity index (χ0v) is 9.78. The molecule has 0 aliphatic carbocycles. The zero-order valence-electron chi connectivity index (χ0n) is 8.20. The first-order chi connectivity index (χ1) is 7.38. The van der Waals surface area contributed by atoms with Crippen LogP contribution in [0.4, 0.5) is 10.1 Å². The molecule has 0 bridgehead atoms. The number of sulfonamides is 1. The minimum atomic E-state index is -3.96. The number of halogens is 2. The summed E-state index contributed by atoms with van der Waals surface area (Å²) in [6.45, 7) is 3.34. The minimum Gasteiger partial charge on any atom is -0.399 e. The van der Waals surface area contributed by atoms with E-state index in [1.165, 1.54) is 6.08 Å². The summed E-state index contributed by atoms with van der Waals surface area (Å²) in [5.41, 5.74) is 5.46. The number of nitrogen functional groups attached to an aromatic ring is 1. The Morgan fingerprint density at radius 1 is 1.56 bits per heavy atom. The molecule has 0 aliphatic rings. The second kappa shape index (κ2) is 4.82. The number of nitrogens with one attached hydrogen (secondary N) is 1. The summed E-state index contributed by atoms with van der Waals surface area (Å²) in [7, 11) is -3.96. The van der Waals surface area contributed by atoms with Gasteiger partial charge in [-0.3, -0.25) is 0 Å². The number of nitrogens with two attached hydrogens (primary N) is 1. The lowest BCUT2D eigenvalue weighted by Crippen LogP contribution is -2.24. The molecule has 3 N–H and O–H groups in total. The Balaban J connectivity index is 3.27. The molecule has 16 heavy (non-hydrogen) atoms. The molecule has 4 nitrogen and oxygen atoms in total. The standard InChI is InChI=1S/C9H10ClFN2O2S/c1-2-3-13-16(14,15)8-5-6(12)4-7(10)9(8)11/h2,4-5,13H,1,3,12H2. The first-order valence-electron chi connectivity index (χ1n) is 4.23. The summed E-state index contributed by atoms with van der Waals surface area (Å²) in [6, 6.07) is 2.15. The Morgan fingerprint density at radius 2 is 2.19 bits per heavy atom. The topological polar surface area (TPSA) is 72.2 Å². The number of anilines is 1. The molecule has 0 atom stereocenters. The van der Waals surface area contributed by atoms with Crippen LogP contribution in [0.5, 0.6) is 0 Å². The molecule has 0 unspecified atom stereocenters. The van der Waals surface area contributed by atoms with E-state index < -0.39 is 20.7 Å². The largest absolute Gasteiger partial charge is 0.399 e. The van der Waals surface area contributed by atoms with Crippen molar-refractivity contribution in [1.29, 1.82) is 0 Å². The third kappa shape index (κ3) is 2.72. The van der Waals surface area contributed by atoms with Gasteiger partial charge in [-0.05, 0) is 12.1 Å². The number of hydrogen-bond donors (Lipinski definition) is 2. The summed E-state index contributed by atoms with van der Waals surface area (Å²) in [5.74, 6) is -1.02. The first kappa shape index (κ1) is 13.0. The van der Waals surface area contributed by atoms with Crippen LogP contribution in [0.15, 0.2) is 29.7 Å². The highest BCUT2D eigenvalue weighted by molar-refractivity contribution is 7.89. The molecule has 0 saturated heterocycles. The maximum atomic E-state index is 13.5. The molecular weight excluding hydrogens is 255 g/mol. The Hall–Kier alpha value is -1.11. The minimum absolute atomic E-state index is 0.00576. The molecule has 7 heteroatoms. The van der Waals surface area contributed by atoms with E-state index in [1.54, 1.807) is 0 Å². The lowest BCUT2D eigenvalue weighted by atomic mass is 10.3. The Morgan fingerprint density at radius 3 is 2.75 bits per heavy atom. The van der Waals surface area contributed by atoms with Gasteiger partial charge in [-0.2, -0.15) is 0 Å². The van der Waals surface area contributed by atoms with E-state index in [0.717, 1.165) is 12.1 Å². The van der Waals surface area contributed by atoms with Gasteiger partial charge in [-0.1, -0.05) is 17.7 Å². The van der Waals surface area contributed by atoms with Gasteiger partial charge in [0.15, 0.2) is 5.82 Å². The zero-order chi connectivity index (χ0) is 12.3. The van der Waals surface area contributed by atoms with Crippen molar-refractivity contribution < 1.29 is 12.8 Å². The van der Waals surface area contributed by atoms with Crippen molar-refractivity contribution in [3.63, 3.8) is 0 Å². The van der Waals surface area contributed by atoms with E-state index in [2.05, 4.69) is 11.3 Å². The van der Waals surface area contributed by atoms with Crippen LogP contribution in [-0.2, 0) is 10.0 Å². The summed E-state index contributed by atoms with van der Waals surface area (Å²) in [5, 5.41) is -0.334. The van der Waals surface area contributed by atoms with Crippen molar-refractivity contribution in [3.8, 4) is 0 Å². The molecule has 0 aromatic heterocycles. The third-order valence-corrected chi connectivity index (χ3v) is 3.42. The molecule has 1 aromatic carbocycles. The monoisotopic (exact) mass is 264 g/mol. The highest BCUT2D eigenvalue weighted by atomic mass is 35.5. The fourth-order valence-electron chi connectivity index (χ4n) is 1.03. The van der Waals surface area contributed by atoms with Crippen molar-refractivity contribution in [3.05, 3.63) is 35.6 Å². The van der Waals surface area contributed by atoms with Gasteiger partial charge in [-0.15, -0.1) is 6.58 Å². The molecular formula is C9H10ClFN2O2S. The van der Waals surface area contributed by atoms with E-state index in [9.17, 15) is 12.8 Å². The summed E-state index contributed by atoms with van der Waals surface area (Å²) in [4.78, 5) is -0.570. The van der Waals surface area contributed by atoms with Crippen LogP contribution >= 0.6 is 11.6 Å². The normalized spacial score (nSPS) is 11.4. The van der Waals surface area contributed by atoms with E-state index in [-0.39, 0.29) is 17.3 Å². The van der Waals surface area contributed by atoms with Crippen LogP contribution in [0.2, 0.25) is 5.02 Å². The van der Waals surface area contributed by atoms with Gasteiger partial charge in [0, 0.05) is 12.2 Å². The van der Waals surface area contributed by atoms with Gasteiger partial charge in [-0.25, -0.2) is 17.5 Å². The van der Waals surface area contributed by atoms with Crippen molar-refractivity contribution in [1.82, 2.24) is 4.72 Å². The van der Waals surface area contributed by atoms with Crippen molar-refractivity contribution in [2.75, 3.05) is 12.3 Å². The quantitative estimate of drug-likeness (QED) is 0.640. The summed E-state index contributed by atoms with van der Waals surface area (Å²) in [6.07, 6.45) is 1.34. The lowest BCUT2D eigenvalue weighted by molar-refractivity contribution is 0.560. The Kier molecular flexibility index (Phi) is 3.90. The molecule has 0 spiro atoms. The molecule has 0 saturated carbocycles. The molecule has 0 amide bonds. The van der Waals surface area contributed by atoms with Gasteiger partial charge in [0.25, 0.3) is 0 Å². The maximum absolute atomic E-state index is 13.5. The maximum Gasteiger partial charge on any atom is 0.243 e. The molecule has 0 fully saturated rings. The van der Waals surface area contributed by atoms with Crippen LogP contribution in [-0.4, -0.2) is 15.0 Å². The van der Waals surface area contributed by atoms with E-state index in [4.69, 9.17) is 17.3 Å². The van der Waals surface area contributed by atoms with Crippen LogP contribution in [0, 0.1) is 5.82 Å². The molecule has 0 heterocycles. The molecule has 0 radical (unpaired) electrons. The first-order valence-corrected chi connectivity index (χ1v) is 6.09. The number of hydrogen-bond acceptors (Lipinski definition) is 3. The van der Waals surface area contributed by atoms with Crippen LogP contribution in [0.25, 0.3) is 0 Å². The van der Waals surface area contributed by atoms with Crippen LogP contribution in [0.3, 0.4) is 0 Å². The van der Waals surface area contributed by atoms with E-state index in [1.807, 2.05) is 0 Å². The van der Waals surface area contributed by atoms with Gasteiger partial charge in [0.1, 0.15) is 4.90 Å². The predicted octanol–water partition coefficient (Wildman–Crippen LogP) is 1.53. The second-order valence-corrected chi connectivity index (χ2v) is 5.10. The second-order valence-electron chi connectivity index (χ2n) is 2.96. The van der Waals surface area contributed by atoms with Gasteiger partial charge < -0.3 is 5.73 Å². The van der Waals surface area contributed by atoms with Gasteiger partial charge in [0.2, 0.25) is 10.0 Å². The molecule has 1 aromatic rings. The smallest absolute Gasteiger partial charge is 0.243 e. The molecule has 0 aliphatic heterocycles. The number of rotatable bonds is 4. The third-order valence-electron chi connectivity index (χ3n) is 1.72. The molecule has 1 rings (SSSR count). The lowest BCUT2D eigenvalue weighted by Gasteiger charge is -2.07. The van der Waals surface area contributed by atoms with Crippen LogP contribution < -0.4 is 10.5 Å². The van der Waals surface area contributed by atoms with Gasteiger partial charge >= 0.3 is 0 Å². The molecule has 88 valence electrons. The Labute approximate surface area is 98.0 Å². The predicted molar refractivity (Wildman–Crippen MR) is 61.2 cm³/mol. The fourth-order valence-corrected chi connectivity index (χ4v) is 2.44. The highest BCUT2D eigenvalue weighted by Gasteiger charge is 2.20. The average molecular weight is 265 g/mol. The summed E-state index contributed by atoms with van der Waals surface area (Å²) < 4.78 is 38.8. The van der Waals surface area contributed by atoms with Crippen molar-refractivity contribution >= 4 is 27.3 Å². The van der Waals surface area contributed by atoms with E-state index in [0.29, 0.717) is 0 Å². The number of benzene rings is 1. The summed E-state index contributed by atoms with van der Waals surface area (Å²) >= 11 is 5.49. The SMILES string of the molecule is C=CCNS(=O)(=O)c1cc(N)cc(Cl)c1F. The van der Waals surface area contributed by atoms with Gasteiger partial charge in [0.05, 0.1) is 5.02 Å². The average Bonchev–Trinajstić information content (AvgIpc) is 2.20. The highest BCUT2D eigenvalue weighted by Crippen LogP contribution is 2.25. The Bertz CT molecular complexity index is 516. The fraction of sp³-hybridized carbons (Fsp3) is 0.111.